The maximum absolute atomic E-state index is 9.38. The predicted molar refractivity (Wildman–Crippen MR) is 38.0 cm³/mol. The Morgan fingerprint density at radius 3 is 1.89 bits per heavy atom. The van der Waals surface area contributed by atoms with Crippen LogP contribution in [-0.4, -0.2) is 23.8 Å². The average Bonchev–Trinajstić information content (AvgIpc) is 1.89. The molecule has 0 bridgehead atoms. The zero-order valence-corrected chi connectivity index (χ0v) is 5.93. The van der Waals surface area contributed by atoms with Gasteiger partial charge in [-0.25, -0.2) is 0 Å². The van der Waals surface area contributed by atoms with Crippen LogP contribution in [0.2, 0.25) is 0 Å². The normalized spacial score (nSPS) is 12.0. The summed E-state index contributed by atoms with van der Waals surface area (Å²) in [5, 5.41) is 9.38. The summed E-state index contributed by atoms with van der Waals surface area (Å²) >= 11 is 0. The van der Waals surface area contributed by atoms with Crippen LogP contribution >= 0.6 is 0 Å². The molecule has 0 atom stereocenters. The molecular weight excluding hydrogens is 116 g/mol. The summed E-state index contributed by atoms with van der Waals surface area (Å²) in [6.45, 7) is 2.52. The monoisotopic (exact) mass is 132 g/mol. The highest BCUT2D eigenvalue weighted by atomic mass is 16.3. The van der Waals surface area contributed by atoms with Gasteiger partial charge in [-0.3, -0.25) is 0 Å². The van der Waals surface area contributed by atoms with Gasteiger partial charge in [-0.15, -0.1) is 0 Å². The molecule has 0 amide bonds. The highest BCUT2D eigenvalue weighted by molar-refractivity contribution is 4.79. The van der Waals surface area contributed by atoms with E-state index in [0.717, 1.165) is 6.42 Å². The third kappa shape index (κ3) is 2.79. The Morgan fingerprint density at radius 1 is 1.33 bits per heavy atom. The fourth-order valence-electron chi connectivity index (χ4n) is 0.753. The lowest BCUT2D eigenvalue weighted by molar-refractivity contribution is 0.0485. The zero-order valence-electron chi connectivity index (χ0n) is 5.93. The van der Waals surface area contributed by atoms with Gasteiger partial charge in [0.2, 0.25) is 0 Å². The molecule has 0 aliphatic rings. The Kier molecular flexibility index (Phi) is 3.77. The minimum atomic E-state index is -0.811. The van der Waals surface area contributed by atoms with Crippen molar-refractivity contribution in [1.82, 2.24) is 0 Å². The van der Waals surface area contributed by atoms with Gasteiger partial charge in [0.1, 0.15) is 0 Å². The van der Waals surface area contributed by atoms with Crippen molar-refractivity contribution in [3.05, 3.63) is 0 Å². The highest BCUT2D eigenvalue weighted by Gasteiger charge is 2.20. The van der Waals surface area contributed by atoms with Crippen LogP contribution < -0.4 is 11.5 Å². The van der Waals surface area contributed by atoms with E-state index in [1.807, 2.05) is 6.92 Å². The average molecular weight is 132 g/mol. The second-order valence-electron chi connectivity index (χ2n) is 2.38. The first kappa shape index (κ1) is 8.88. The Morgan fingerprint density at radius 2 is 1.78 bits per heavy atom. The van der Waals surface area contributed by atoms with Crippen molar-refractivity contribution < 1.29 is 5.11 Å². The van der Waals surface area contributed by atoms with Gasteiger partial charge in [-0.05, 0) is 6.42 Å². The molecule has 0 saturated heterocycles. The lowest BCUT2D eigenvalue weighted by atomic mass is 9.99. The SMILES string of the molecule is CCCC(O)(CN)CN. The maximum atomic E-state index is 9.38. The van der Waals surface area contributed by atoms with E-state index in [4.69, 9.17) is 11.5 Å². The van der Waals surface area contributed by atoms with Gasteiger partial charge in [0.15, 0.2) is 0 Å². The molecule has 0 fully saturated rings. The quantitative estimate of drug-likeness (QED) is 0.480. The van der Waals surface area contributed by atoms with Crippen molar-refractivity contribution in [2.24, 2.45) is 11.5 Å². The molecule has 0 aliphatic carbocycles. The second-order valence-corrected chi connectivity index (χ2v) is 2.38. The first-order chi connectivity index (χ1) is 4.18. The Balaban J connectivity index is 3.62. The first-order valence-electron chi connectivity index (χ1n) is 3.31. The van der Waals surface area contributed by atoms with Crippen LogP contribution in [0, 0.1) is 0 Å². The fourth-order valence-corrected chi connectivity index (χ4v) is 0.753. The molecule has 3 nitrogen and oxygen atoms in total. The molecule has 9 heavy (non-hydrogen) atoms. The van der Waals surface area contributed by atoms with Crippen molar-refractivity contribution in [3.8, 4) is 0 Å². The van der Waals surface area contributed by atoms with Crippen molar-refractivity contribution in [1.29, 1.82) is 0 Å². The van der Waals surface area contributed by atoms with E-state index in [-0.39, 0.29) is 13.1 Å². The maximum Gasteiger partial charge on any atom is 0.0890 e. The third-order valence-corrected chi connectivity index (χ3v) is 1.48. The molecule has 0 aromatic rings. The summed E-state index contributed by atoms with van der Waals surface area (Å²) in [5.41, 5.74) is 9.74. The molecule has 5 N–H and O–H groups in total. The number of hydrogen-bond donors (Lipinski definition) is 3. The smallest absolute Gasteiger partial charge is 0.0890 e. The van der Waals surface area contributed by atoms with Crippen LogP contribution in [0.3, 0.4) is 0 Å². The van der Waals surface area contributed by atoms with Gasteiger partial charge >= 0.3 is 0 Å². The minimum Gasteiger partial charge on any atom is -0.387 e. The fraction of sp³-hybridized carbons (Fsp3) is 1.00. The topological polar surface area (TPSA) is 72.3 Å². The molecule has 0 saturated carbocycles. The van der Waals surface area contributed by atoms with Gasteiger partial charge in [-0.1, -0.05) is 13.3 Å². The van der Waals surface area contributed by atoms with Crippen LogP contribution in [-0.2, 0) is 0 Å². The van der Waals surface area contributed by atoms with E-state index in [1.54, 1.807) is 0 Å². The van der Waals surface area contributed by atoms with Crippen molar-refractivity contribution >= 4 is 0 Å². The van der Waals surface area contributed by atoms with Gasteiger partial charge in [0, 0.05) is 13.1 Å². The van der Waals surface area contributed by atoms with Gasteiger partial charge < -0.3 is 16.6 Å². The van der Waals surface area contributed by atoms with E-state index < -0.39 is 5.60 Å². The number of nitrogens with two attached hydrogens (primary N) is 2. The highest BCUT2D eigenvalue weighted by Crippen LogP contribution is 2.07. The summed E-state index contributed by atoms with van der Waals surface area (Å²) in [7, 11) is 0. The molecule has 0 spiro atoms. The standard InChI is InChI=1S/C6H16N2O/c1-2-3-6(9,4-7)5-8/h9H,2-5,7-8H2,1H3. The van der Waals surface area contributed by atoms with Crippen LogP contribution in [0.1, 0.15) is 19.8 Å². The van der Waals surface area contributed by atoms with Gasteiger partial charge in [-0.2, -0.15) is 0 Å². The van der Waals surface area contributed by atoms with Crippen molar-refractivity contribution in [3.63, 3.8) is 0 Å². The van der Waals surface area contributed by atoms with E-state index in [0.29, 0.717) is 6.42 Å². The number of rotatable bonds is 4. The lowest BCUT2D eigenvalue weighted by Crippen LogP contribution is -2.44. The predicted octanol–water partition coefficient (Wildman–Crippen LogP) is -0.565. The molecule has 56 valence electrons. The molecule has 3 heteroatoms. The van der Waals surface area contributed by atoms with E-state index in [1.165, 1.54) is 0 Å². The minimum absolute atomic E-state index is 0.261. The van der Waals surface area contributed by atoms with E-state index in [9.17, 15) is 5.11 Å². The Bertz CT molecular complexity index is 71.5. The van der Waals surface area contributed by atoms with Crippen molar-refractivity contribution in [2.45, 2.75) is 25.4 Å². The molecule has 0 aromatic heterocycles. The van der Waals surface area contributed by atoms with Crippen LogP contribution in [0.4, 0.5) is 0 Å². The summed E-state index contributed by atoms with van der Waals surface area (Å²) in [4.78, 5) is 0. The second kappa shape index (κ2) is 3.82. The molecule has 0 rings (SSSR count). The third-order valence-electron chi connectivity index (χ3n) is 1.48. The van der Waals surface area contributed by atoms with Crippen LogP contribution in [0.15, 0.2) is 0 Å². The molecular formula is C6H16N2O. The van der Waals surface area contributed by atoms with Crippen LogP contribution in [0.5, 0.6) is 0 Å². The van der Waals surface area contributed by atoms with Gasteiger partial charge in [0.25, 0.3) is 0 Å². The Hall–Kier alpha value is -0.120. The number of hydrogen-bond acceptors (Lipinski definition) is 3. The van der Waals surface area contributed by atoms with E-state index >= 15 is 0 Å². The van der Waals surface area contributed by atoms with Gasteiger partial charge in [0.05, 0.1) is 5.60 Å². The van der Waals surface area contributed by atoms with E-state index in [2.05, 4.69) is 0 Å². The number of aliphatic hydroxyl groups is 1. The summed E-state index contributed by atoms with van der Waals surface area (Å²) in [6.07, 6.45) is 1.62. The molecule has 0 aromatic carbocycles. The first-order valence-corrected chi connectivity index (χ1v) is 3.31. The Labute approximate surface area is 56.0 Å². The lowest BCUT2D eigenvalue weighted by Gasteiger charge is -2.23. The molecule has 0 aliphatic heterocycles. The molecule has 0 radical (unpaired) electrons. The van der Waals surface area contributed by atoms with Crippen LogP contribution in [0.25, 0.3) is 0 Å². The molecule has 0 unspecified atom stereocenters. The zero-order chi connectivity index (χ0) is 7.33. The summed E-state index contributed by atoms with van der Waals surface area (Å²) < 4.78 is 0. The summed E-state index contributed by atoms with van der Waals surface area (Å²) in [6, 6.07) is 0. The largest absolute Gasteiger partial charge is 0.387 e. The summed E-state index contributed by atoms with van der Waals surface area (Å²) in [5.74, 6) is 0. The van der Waals surface area contributed by atoms with Crippen molar-refractivity contribution in [2.75, 3.05) is 13.1 Å². The molecule has 0 heterocycles.